The lowest BCUT2D eigenvalue weighted by Gasteiger charge is -1.89. The Kier molecular flexibility index (Phi) is 4.50. The number of nitro groups is 1. The summed E-state index contributed by atoms with van der Waals surface area (Å²) in [4.78, 5) is 9.52. The number of hydrogen-bond acceptors (Lipinski definition) is 4. The largest absolute Gasteiger partial charge is 0.508 e. The summed E-state index contributed by atoms with van der Waals surface area (Å²) in [6.45, 7) is 0. The van der Waals surface area contributed by atoms with E-state index in [0.29, 0.717) is 5.75 Å². The van der Waals surface area contributed by atoms with E-state index in [0.717, 1.165) is 0 Å². The van der Waals surface area contributed by atoms with Gasteiger partial charge in [-0.05, 0) is 24.3 Å². The summed E-state index contributed by atoms with van der Waals surface area (Å²) in [6.07, 6.45) is 0. The zero-order chi connectivity index (χ0) is 12.7. The van der Waals surface area contributed by atoms with Gasteiger partial charge in [0, 0.05) is 12.1 Å². The first kappa shape index (κ1) is 12.5. The molecule has 5 heteroatoms. The zero-order valence-electron chi connectivity index (χ0n) is 8.85. The van der Waals surface area contributed by atoms with Crippen molar-refractivity contribution in [3.05, 3.63) is 64.7 Å². The number of hydrogen-bond donors (Lipinski definition) is 2. The first-order chi connectivity index (χ1) is 8.09. The fourth-order valence-electron chi connectivity index (χ4n) is 1.00. The molecule has 0 atom stereocenters. The minimum absolute atomic E-state index is 0.0159. The van der Waals surface area contributed by atoms with E-state index in [1.165, 1.54) is 24.3 Å². The van der Waals surface area contributed by atoms with Gasteiger partial charge in [0.05, 0.1) is 4.92 Å². The van der Waals surface area contributed by atoms with Crippen LogP contribution >= 0.6 is 0 Å². The van der Waals surface area contributed by atoms with Crippen molar-refractivity contribution in [2.45, 2.75) is 0 Å². The van der Waals surface area contributed by atoms with Crippen LogP contribution in [0.25, 0.3) is 0 Å². The molecule has 0 unspecified atom stereocenters. The molecule has 0 bridgehead atoms. The summed E-state index contributed by atoms with van der Waals surface area (Å²) < 4.78 is 0. The number of phenolic OH excluding ortho intramolecular Hbond substituents is 2. The summed E-state index contributed by atoms with van der Waals surface area (Å²) in [5.74, 6) is 0.355. The standard InChI is InChI=1S/C6H5NO3.C6H6O/c8-6-3-1-5(2-4-6)7(9)10;7-6-4-2-1-3-5-6/h1-4,8H;1-5,7H. The minimum Gasteiger partial charge on any atom is -0.508 e. The molecule has 0 aliphatic heterocycles. The first-order valence-corrected chi connectivity index (χ1v) is 4.77. The van der Waals surface area contributed by atoms with Crippen LogP contribution in [0.3, 0.4) is 0 Å². The van der Waals surface area contributed by atoms with Crippen molar-refractivity contribution in [3.63, 3.8) is 0 Å². The summed E-state index contributed by atoms with van der Waals surface area (Å²) >= 11 is 0. The van der Waals surface area contributed by atoms with Crippen molar-refractivity contribution in [3.8, 4) is 11.5 Å². The molecule has 2 aromatic carbocycles. The summed E-state index contributed by atoms with van der Waals surface area (Å²) in [5.41, 5.74) is -0.0159. The predicted molar refractivity (Wildman–Crippen MR) is 62.9 cm³/mol. The van der Waals surface area contributed by atoms with Crippen molar-refractivity contribution < 1.29 is 15.1 Å². The van der Waals surface area contributed by atoms with E-state index in [4.69, 9.17) is 10.2 Å². The molecule has 0 radical (unpaired) electrons. The van der Waals surface area contributed by atoms with Crippen LogP contribution in [0.2, 0.25) is 0 Å². The molecule has 0 spiro atoms. The molecule has 88 valence electrons. The van der Waals surface area contributed by atoms with Crippen molar-refractivity contribution in [1.29, 1.82) is 0 Å². The van der Waals surface area contributed by atoms with E-state index in [9.17, 15) is 10.1 Å². The van der Waals surface area contributed by atoms with Crippen molar-refractivity contribution in [1.82, 2.24) is 0 Å². The van der Waals surface area contributed by atoms with E-state index in [1.807, 2.05) is 6.07 Å². The molecule has 0 aromatic heterocycles. The highest BCUT2D eigenvalue weighted by molar-refractivity contribution is 5.35. The number of para-hydroxylation sites is 1. The van der Waals surface area contributed by atoms with Crippen molar-refractivity contribution in [2.75, 3.05) is 0 Å². The molecular weight excluding hydrogens is 222 g/mol. The average molecular weight is 233 g/mol. The van der Waals surface area contributed by atoms with E-state index in [1.54, 1.807) is 24.3 Å². The maximum absolute atomic E-state index is 10.0. The zero-order valence-corrected chi connectivity index (χ0v) is 8.85. The molecule has 0 saturated carbocycles. The van der Waals surface area contributed by atoms with Gasteiger partial charge in [-0.2, -0.15) is 0 Å². The number of benzene rings is 2. The molecule has 2 N–H and O–H groups in total. The third kappa shape index (κ3) is 4.65. The highest BCUT2D eigenvalue weighted by atomic mass is 16.6. The van der Waals surface area contributed by atoms with Gasteiger partial charge in [0.2, 0.25) is 0 Å². The molecule has 2 rings (SSSR count). The molecule has 17 heavy (non-hydrogen) atoms. The Hall–Kier alpha value is -2.56. The van der Waals surface area contributed by atoms with Crippen LogP contribution < -0.4 is 0 Å². The van der Waals surface area contributed by atoms with E-state index < -0.39 is 4.92 Å². The molecule has 0 saturated heterocycles. The molecule has 0 aliphatic carbocycles. The Bertz CT molecular complexity index is 468. The van der Waals surface area contributed by atoms with Crippen LogP contribution in [0.4, 0.5) is 5.69 Å². The minimum atomic E-state index is -0.514. The van der Waals surface area contributed by atoms with Crippen LogP contribution in [0.15, 0.2) is 54.6 Å². The van der Waals surface area contributed by atoms with E-state index >= 15 is 0 Å². The number of non-ortho nitro benzene ring substituents is 1. The first-order valence-electron chi connectivity index (χ1n) is 4.77. The quantitative estimate of drug-likeness (QED) is 0.585. The third-order valence-corrected chi connectivity index (χ3v) is 1.82. The van der Waals surface area contributed by atoms with Crippen LogP contribution in [0.1, 0.15) is 0 Å². The van der Waals surface area contributed by atoms with Gasteiger partial charge in [0.1, 0.15) is 11.5 Å². The number of aromatic hydroxyl groups is 2. The van der Waals surface area contributed by atoms with Crippen molar-refractivity contribution >= 4 is 5.69 Å². The molecular formula is C12H11NO4. The number of nitro benzene ring substituents is 1. The topological polar surface area (TPSA) is 83.6 Å². The molecule has 5 nitrogen and oxygen atoms in total. The Balaban J connectivity index is 0.000000181. The van der Waals surface area contributed by atoms with Gasteiger partial charge in [0.25, 0.3) is 5.69 Å². The average Bonchev–Trinajstić information content (AvgIpc) is 2.31. The molecule has 2 aromatic rings. The van der Waals surface area contributed by atoms with Gasteiger partial charge in [-0.15, -0.1) is 0 Å². The maximum atomic E-state index is 10.0. The lowest BCUT2D eigenvalue weighted by Crippen LogP contribution is -1.85. The number of nitrogens with zero attached hydrogens (tertiary/aromatic N) is 1. The summed E-state index contributed by atoms with van der Waals surface area (Å²) in [7, 11) is 0. The SMILES string of the molecule is O=[N+]([O-])c1ccc(O)cc1.Oc1ccccc1. The fourth-order valence-corrected chi connectivity index (χ4v) is 1.00. The number of rotatable bonds is 1. The maximum Gasteiger partial charge on any atom is 0.269 e. The summed E-state index contributed by atoms with van der Waals surface area (Å²) in [5, 5.41) is 27.4. The second kappa shape index (κ2) is 6.12. The van der Waals surface area contributed by atoms with Gasteiger partial charge in [-0.3, -0.25) is 10.1 Å². The van der Waals surface area contributed by atoms with Gasteiger partial charge in [-0.25, -0.2) is 0 Å². The molecule has 0 aliphatic rings. The van der Waals surface area contributed by atoms with Crippen LogP contribution in [0, 0.1) is 10.1 Å². The Morgan fingerprint density at radius 1 is 0.824 bits per heavy atom. The number of phenols is 2. The van der Waals surface area contributed by atoms with Crippen LogP contribution in [-0.2, 0) is 0 Å². The van der Waals surface area contributed by atoms with Crippen LogP contribution in [0.5, 0.6) is 11.5 Å². The second-order valence-corrected chi connectivity index (χ2v) is 3.11. The Labute approximate surface area is 97.7 Å². The highest BCUT2D eigenvalue weighted by Crippen LogP contribution is 2.14. The summed E-state index contributed by atoms with van der Waals surface area (Å²) in [6, 6.07) is 13.8. The van der Waals surface area contributed by atoms with E-state index in [2.05, 4.69) is 0 Å². The monoisotopic (exact) mass is 233 g/mol. The van der Waals surface area contributed by atoms with Gasteiger partial charge in [0.15, 0.2) is 0 Å². The normalized spacial score (nSPS) is 8.94. The Morgan fingerprint density at radius 3 is 1.65 bits per heavy atom. The van der Waals surface area contributed by atoms with Gasteiger partial charge in [-0.1, -0.05) is 18.2 Å². The smallest absolute Gasteiger partial charge is 0.269 e. The Morgan fingerprint density at radius 2 is 1.29 bits per heavy atom. The lowest BCUT2D eigenvalue weighted by atomic mass is 10.3. The molecule has 0 amide bonds. The highest BCUT2D eigenvalue weighted by Gasteiger charge is 2.01. The molecule has 0 heterocycles. The van der Waals surface area contributed by atoms with E-state index in [-0.39, 0.29) is 11.4 Å². The van der Waals surface area contributed by atoms with Gasteiger partial charge >= 0.3 is 0 Å². The predicted octanol–water partition coefficient (Wildman–Crippen LogP) is 2.69. The van der Waals surface area contributed by atoms with Gasteiger partial charge < -0.3 is 10.2 Å². The fraction of sp³-hybridized carbons (Fsp3) is 0. The third-order valence-electron chi connectivity index (χ3n) is 1.82. The molecule has 0 fully saturated rings. The second-order valence-electron chi connectivity index (χ2n) is 3.11. The van der Waals surface area contributed by atoms with Crippen molar-refractivity contribution in [2.24, 2.45) is 0 Å². The lowest BCUT2D eigenvalue weighted by molar-refractivity contribution is -0.384. The van der Waals surface area contributed by atoms with Crippen LogP contribution in [-0.4, -0.2) is 15.1 Å².